The summed E-state index contributed by atoms with van der Waals surface area (Å²) in [4.78, 5) is 23.1. The summed E-state index contributed by atoms with van der Waals surface area (Å²) in [5, 5.41) is 14.7. The maximum Gasteiger partial charge on any atom is 0.315 e. The number of urea groups is 1. The fraction of sp³-hybridized carbons (Fsp3) is 0.467. The van der Waals surface area contributed by atoms with Crippen LogP contribution in [0.25, 0.3) is 0 Å². The summed E-state index contributed by atoms with van der Waals surface area (Å²) in [6, 6.07) is 7.22. The van der Waals surface area contributed by atoms with Crippen LogP contribution in [0.1, 0.15) is 37.8 Å². The van der Waals surface area contributed by atoms with E-state index in [0.717, 1.165) is 16.5 Å². The number of hydrogen-bond donors (Lipinski definition) is 3. The molecule has 1 unspecified atom stereocenters. The molecular formula is C15H19BrN2O3. The Labute approximate surface area is 132 Å². The monoisotopic (exact) mass is 354 g/mol. The Hall–Kier alpha value is -1.56. The van der Waals surface area contributed by atoms with Gasteiger partial charge in [-0.05, 0) is 37.5 Å². The molecule has 2 amide bonds. The highest BCUT2D eigenvalue weighted by molar-refractivity contribution is 9.10. The Balaban J connectivity index is 1.84. The van der Waals surface area contributed by atoms with Crippen molar-refractivity contribution in [1.82, 2.24) is 10.6 Å². The van der Waals surface area contributed by atoms with Crippen LogP contribution >= 0.6 is 15.9 Å². The van der Waals surface area contributed by atoms with Crippen LogP contribution in [0.3, 0.4) is 0 Å². The zero-order chi connectivity index (χ0) is 15.5. The molecule has 5 nitrogen and oxygen atoms in total. The summed E-state index contributed by atoms with van der Waals surface area (Å²) in [6.45, 7) is 2.07. The molecule has 3 N–H and O–H groups in total. The highest BCUT2D eigenvalue weighted by Gasteiger charge is 2.44. The van der Waals surface area contributed by atoms with E-state index in [4.69, 9.17) is 0 Å². The molecule has 0 spiro atoms. The summed E-state index contributed by atoms with van der Waals surface area (Å²) < 4.78 is 0.983. The molecule has 114 valence electrons. The van der Waals surface area contributed by atoms with E-state index in [2.05, 4.69) is 26.6 Å². The van der Waals surface area contributed by atoms with Gasteiger partial charge in [0, 0.05) is 11.0 Å². The predicted molar refractivity (Wildman–Crippen MR) is 83.0 cm³/mol. The molecular weight excluding hydrogens is 336 g/mol. The van der Waals surface area contributed by atoms with Gasteiger partial charge in [0.15, 0.2) is 0 Å². The largest absolute Gasteiger partial charge is 0.481 e. The molecule has 0 heterocycles. The van der Waals surface area contributed by atoms with E-state index in [9.17, 15) is 14.7 Å². The fourth-order valence-electron chi connectivity index (χ4n) is 2.40. The second kappa shape index (κ2) is 6.47. The fourth-order valence-corrected chi connectivity index (χ4v) is 2.67. The van der Waals surface area contributed by atoms with Gasteiger partial charge in [0.2, 0.25) is 0 Å². The lowest BCUT2D eigenvalue weighted by Gasteiger charge is -2.37. The van der Waals surface area contributed by atoms with E-state index >= 15 is 0 Å². The molecule has 21 heavy (non-hydrogen) atoms. The number of benzene rings is 1. The Morgan fingerprint density at radius 2 is 1.95 bits per heavy atom. The van der Waals surface area contributed by atoms with Crippen molar-refractivity contribution in [2.45, 2.75) is 32.2 Å². The number of carbonyl (C=O) groups excluding carboxylic acids is 1. The standard InChI is InChI=1S/C15H19BrN2O3/c1-10(11-3-5-12(16)6-4-11)18-14(21)17-9-15(13(19)20)7-2-8-15/h3-6,10H,2,7-9H2,1H3,(H,19,20)(H2,17,18,21). The zero-order valence-corrected chi connectivity index (χ0v) is 13.4. The molecule has 1 aromatic rings. The van der Waals surface area contributed by atoms with Gasteiger partial charge in [-0.3, -0.25) is 4.79 Å². The third-order valence-electron chi connectivity index (χ3n) is 4.07. The molecule has 1 fully saturated rings. The Kier molecular flexibility index (Phi) is 4.88. The first-order valence-electron chi connectivity index (χ1n) is 6.96. The summed E-state index contributed by atoms with van der Waals surface area (Å²) in [5.41, 5.74) is 0.225. The quantitative estimate of drug-likeness (QED) is 0.760. The van der Waals surface area contributed by atoms with Gasteiger partial charge in [0.05, 0.1) is 11.5 Å². The van der Waals surface area contributed by atoms with Crippen LogP contribution in [0, 0.1) is 5.41 Å². The van der Waals surface area contributed by atoms with Crippen LogP contribution in [0.4, 0.5) is 4.79 Å². The van der Waals surface area contributed by atoms with Crippen molar-refractivity contribution in [3.8, 4) is 0 Å². The number of carboxylic acids is 1. The number of rotatable bonds is 5. The maximum atomic E-state index is 11.9. The smallest absolute Gasteiger partial charge is 0.315 e. The Bertz CT molecular complexity index is 526. The number of carbonyl (C=O) groups is 2. The molecule has 0 saturated heterocycles. The molecule has 0 aliphatic heterocycles. The molecule has 0 radical (unpaired) electrons. The number of aliphatic carboxylic acids is 1. The average Bonchev–Trinajstić information content (AvgIpc) is 2.37. The van der Waals surface area contributed by atoms with Crippen molar-refractivity contribution in [3.63, 3.8) is 0 Å². The second-order valence-electron chi connectivity index (χ2n) is 5.54. The number of halogens is 1. The maximum absolute atomic E-state index is 11.9. The first kappa shape index (κ1) is 15.8. The second-order valence-corrected chi connectivity index (χ2v) is 6.45. The van der Waals surface area contributed by atoms with Crippen molar-refractivity contribution in [3.05, 3.63) is 34.3 Å². The van der Waals surface area contributed by atoms with Gasteiger partial charge in [-0.15, -0.1) is 0 Å². The topological polar surface area (TPSA) is 78.4 Å². The van der Waals surface area contributed by atoms with E-state index in [0.29, 0.717) is 12.8 Å². The van der Waals surface area contributed by atoms with Crippen LogP contribution in [0.2, 0.25) is 0 Å². The van der Waals surface area contributed by atoms with E-state index < -0.39 is 11.4 Å². The van der Waals surface area contributed by atoms with Crippen LogP contribution in [0.5, 0.6) is 0 Å². The molecule has 6 heteroatoms. The lowest BCUT2D eigenvalue weighted by Crippen LogP contribution is -2.50. The average molecular weight is 355 g/mol. The van der Waals surface area contributed by atoms with Crippen LogP contribution in [-0.2, 0) is 4.79 Å². The van der Waals surface area contributed by atoms with Gasteiger partial charge >= 0.3 is 12.0 Å². The summed E-state index contributed by atoms with van der Waals surface area (Å²) in [6.07, 6.45) is 2.17. The predicted octanol–water partition coefficient (Wildman–Crippen LogP) is 3.06. The minimum absolute atomic E-state index is 0.139. The molecule has 0 aromatic heterocycles. The highest BCUT2D eigenvalue weighted by atomic mass is 79.9. The van der Waals surface area contributed by atoms with Crippen molar-refractivity contribution in [2.75, 3.05) is 6.54 Å². The number of carboxylic acid groups (broad SMARTS) is 1. The molecule has 1 aliphatic rings. The van der Waals surface area contributed by atoms with E-state index in [1.165, 1.54) is 0 Å². The molecule has 0 bridgehead atoms. The highest BCUT2D eigenvalue weighted by Crippen LogP contribution is 2.40. The summed E-state index contributed by atoms with van der Waals surface area (Å²) in [5.74, 6) is -0.824. The van der Waals surface area contributed by atoms with E-state index in [1.54, 1.807) is 0 Å². The third kappa shape index (κ3) is 3.75. The molecule has 1 atom stereocenters. The van der Waals surface area contributed by atoms with Gasteiger partial charge in [0.25, 0.3) is 0 Å². The number of amides is 2. The van der Waals surface area contributed by atoms with Crippen molar-refractivity contribution in [2.24, 2.45) is 5.41 Å². The Morgan fingerprint density at radius 1 is 1.33 bits per heavy atom. The Morgan fingerprint density at radius 3 is 2.43 bits per heavy atom. The lowest BCUT2D eigenvalue weighted by atomic mass is 9.69. The minimum atomic E-state index is -0.824. The van der Waals surface area contributed by atoms with Crippen molar-refractivity contribution in [1.29, 1.82) is 0 Å². The molecule has 1 saturated carbocycles. The SMILES string of the molecule is CC(NC(=O)NCC1(C(=O)O)CCC1)c1ccc(Br)cc1. The van der Waals surface area contributed by atoms with Crippen LogP contribution in [-0.4, -0.2) is 23.7 Å². The van der Waals surface area contributed by atoms with E-state index in [1.807, 2.05) is 31.2 Å². The summed E-state index contributed by atoms with van der Waals surface area (Å²) in [7, 11) is 0. The molecule has 1 aliphatic carbocycles. The van der Waals surface area contributed by atoms with Crippen LogP contribution in [0.15, 0.2) is 28.7 Å². The third-order valence-corrected chi connectivity index (χ3v) is 4.60. The first-order chi connectivity index (χ1) is 9.93. The normalized spacial score (nSPS) is 17.4. The van der Waals surface area contributed by atoms with Gasteiger partial charge in [0.1, 0.15) is 0 Å². The van der Waals surface area contributed by atoms with Crippen LogP contribution < -0.4 is 10.6 Å². The van der Waals surface area contributed by atoms with Gasteiger partial charge in [-0.25, -0.2) is 4.79 Å². The van der Waals surface area contributed by atoms with Gasteiger partial charge in [-0.1, -0.05) is 34.5 Å². The summed E-state index contributed by atoms with van der Waals surface area (Å²) >= 11 is 3.36. The number of nitrogens with one attached hydrogen (secondary N) is 2. The molecule has 1 aromatic carbocycles. The first-order valence-corrected chi connectivity index (χ1v) is 7.75. The van der Waals surface area contributed by atoms with Gasteiger partial charge < -0.3 is 15.7 Å². The molecule has 2 rings (SSSR count). The van der Waals surface area contributed by atoms with Gasteiger partial charge in [-0.2, -0.15) is 0 Å². The minimum Gasteiger partial charge on any atom is -0.481 e. The van der Waals surface area contributed by atoms with E-state index in [-0.39, 0.29) is 18.6 Å². The van der Waals surface area contributed by atoms with Crippen molar-refractivity contribution >= 4 is 27.9 Å². The number of hydrogen-bond acceptors (Lipinski definition) is 2. The lowest BCUT2D eigenvalue weighted by molar-refractivity contribution is -0.153. The zero-order valence-electron chi connectivity index (χ0n) is 11.9. The van der Waals surface area contributed by atoms with Crippen molar-refractivity contribution < 1.29 is 14.7 Å².